The largest absolute Gasteiger partial charge is 0.455 e. The van der Waals surface area contributed by atoms with Crippen molar-refractivity contribution >= 4 is 60.9 Å². The molecule has 0 saturated heterocycles. The molecule has 0 N–H and O–H groups in total. The summed E-state index contributed by atoms with van der Waals surface area (Å²) in [6, 6.07) is 94.0. The van der Waals surface area contributed by atoms with Crippen LogP contribution in [0, 0.1) is 0 Å². The van der Waals surface area contributed by atoms with Crippen molar-refractivity contribution in [3.05, 3.63) is 283 Å². The van der Waals surface area contributed by atoms with E-state index in [0.717, 1.165) is 94.3 Å². The Labute approximate surface area is 405 Å². The van der Waals surface area contributed by atoms with Gasteiger partial charge in [-0.25, -0.2) is 0 Å². The average molecular weight is 894 g/mol. The van der Waals surface area contributed by atoms with E-state index < -0.39 is 5.41 Å². The van der Waals surface area contributed by atoms with Crippen LogP contribution in [0.3, 0.4) is 0 Å². The minimum absolute atomic E-state index is 0.488. The second-order valence-corrected chi connectivity index (χ2v) is 18.3. The van der Waals surface area contributed by atoms with Crippen molar-refractivity contribution in [1.29, 1.82) is 0 Å². The molecule has 3 nitrogen and oxygen atoms in total. The lowest BCUT2D eigenvalue weighted by Crippen LogP contribution is -2.28. The molecule has 0 fully saturated rings. The average Bonchev–Trinajstić information content (AvgIpc) is 4.11. The van der Waals surface area contributed by atoms with Crippen LogP contribution in [0.15, 0.2) is 270 Å². The van der Waals surface area contributed by atoms with E-state index in [1.807, 2.05) is 12.1 Å². The zero-order valence-electron chi connectivity index (χ0n) is 38.1. The first-order valence-electron chi connectivity index (χ1n) is 24.0. The van der Waals surface area contributed by atoms with Crippen LogP contribution in [-0.4, -0.2) is 0 Å². The summed E-state index contributed by atoms with van der Waals surface area (Å²) in [5.41, 5.74) is 20.3. The van der Waals surface area contributed by atoms with Crippen molar-refractivity contribution in [2.45, 2.75) is 5.41 Å². The second kappa shape index (κ2) is 16.0. The van der Waals surface area contributed by atoms with Crippen LogP contribution in [0.5, 0.6) is 0 Å². The van der Waals surface area contributed by atoms with E-state index in [0.29, 0.717) is 0 Å². The van der Waals surface area contributed by atoms with E-state index in [9.17, 15) is 0 Å². The number of furan rings is 2. The molecule has 1 aliphatic carbocycles. The minimum Gasteiger partial charge on any atom is -0.455 e. The highest BCUT2D eigenvalue weighted by Gasteiger charge is 2.46. The summed E-state index contributed by atoms with van der Waals surface area (Å²) in [4.78, 5) is 2.39. The Hall–Kier alpha value is -9.18. The second-order valence-electron chi connectivity index (χ2n) is 18.3. The van der Waals surface area contributed by atoms with Crippen molar-refractivity contribution in [2.75, 3.05) is 4.90 Å². The summed E-state index contributed by atoms with van der Waals surface area (Å²) in [5, 5.41) is 4.47. The summed E-state index contributed by atoms with van der Waals surface area (Å²) < 4.78 is 13.4. The third-order valence-corrected chi connectivity index (χ3v) is 14.6. The van der Waals surface area contributed by atoms with Gasteiger partial charge in [0.05, 0.1) is 5.41 Å². The molecule has 14 rings (SSSR count). The monoisotopic (exact) mass is 893 g/mol. The van der Waals surface area contributed by atoms with Crippen molar-refractivity contribution in [3.8, 4) is 44.5 Å². The SMILES string of the molecule is c1ccc(-c2cccc3c2oc2c(-c4ccc(N(c5ccc(-c6cccc7c6oc6ccccc67)cc5)c5ccc6c(c5)-c5ccccc5C6(c5ccccc5)c5ccccc5)cc4)cccc23)cc1. The fourth-order valence-corrected chi connectivity index (χ4v) is 11.5. The third kappa shape index (κ3) is 6.08. The van der Waals surface area contributed by atoms with E-state index in [-0.39, 0.29) is 0 Å². The predicted octanol–water partition coefficient (Wildman–Crippen LogP) is 18.3. The smallest absolute Gasteiger partial charge is 0.143 e. The van der Waals surface area contributed by atoms with Crippen LogP contribution >= 0.6 is 0 Å². The Morgan fingerprint density at radius 2 is 0.686 bits per heavy atom. The maximum absolute atomic E-state index is 6.87. The zero-order chi connectivity index (χ0) is 46.2. The first-order chi connectivity index (χ1) is 34.7. The Bertz CT molecular complexity index is 4050. The van der Waals surface area contributed by atoms with Crippen molar-refractivity contribution in [2.24, 2.45) is 0 Å². The number of hydrogen-bond acceptors (Lipinski definition) is 3. The van der Waals surface area contributed by atoms with Gasteiger partial charge in [0.2, 0.25) is 0 Å². The summed E-state index contributed by atoms with van der Waals surface area (Å²) >= 11 is 0. The molecule has 70 heavy (non-hydrogen) atoms. The van der Waals surface area contributed by atoms with Gasteiger partial charge in [0.15, 0.2) is 0 Å². The molecule has 3 heteroatoms. The van der Waals surface area contributed by atoms with Crippen LogP contribution in [0.2, 0.25) is 0 Å². The van der Waals surface area contributed by atoms with Gasteiger partial charge in [0, 0.05) is 55.3 Å². The number of rotatable bonds is 8. The number of hydrogen-bond donors (Lipinski definition) is 0. The molecule has 2 aromatic heterocycles. The molecule has 0 unspecified atom stereocenters. The summed E-state index contributed by atoms with van der Waals surface area (Å²) in [5.74, 6) is 0. The zero-order valence-corrected chi connectivity index (χ0v) is 38.1. The summed E-state index contributed by atoms with van der Waals surface area (Å²) in [7, 11) is 0. The maximum atomic E-state index is 6.87. The van der Waals surface area contributed by atoms with E-state index in [2.05, 4.69) is 254 Å². The maximum Gasteiger partial charge on any atom is 0.143 e. The Morgan fingerprint density at radius 1 is 0.271 bits per heavy atom. The quantitative estimate of drug-likeness (QED) is 0.152. The van der Waals surface area contributed by atoms with Crippen molar-refractivity contribution in [1.82, 2.24) is 0 Å². The molecule has 0 bridgehead atoms. The molecule has 328 valence electrons. The highest BCUT2D eigenvalue weighted by Crippen LogP contribution is 2.57. The fraction of sp³-hybridized carbons (Fsp3) is 0.0149. The van der Waals surface area contributed by atoms with Gasteiger partial charge in [-0.15, -0.1) is 0 Å². The Kier molecular flexibility index (Phi) is 9.11. The van der Waals surface area contributed by atoms with Gasteiger partial charge in [0.25, 0.3) is 0 Å². The van der Waals surface area contributed by atoms with Gasteiger partial charge in [0.1, 0.15) is 22.3 Å². The molecule has 1 aliphatic rings. The van der Waals surface area contributed by atoms with Gasteiger partial charge in [-0.3, -0.25) is 0 Å². The van der Waals surface area contributed by atoms with E-state index in [1.165, 1.54) is 33.4 Å². The molecular formula is C67H43NO2. The van der Waals surface area contributed by atoms with E-state index >= 15 is 0 Å². The highest BCUT2D eigenvalue weighted by atomic mass is 16.3. The highest BCUT2D eigenvalue weighted by molar-refractivity contribution is 6.13. The van der Waals surface area contributed by atoms with Crippen LogP contribution in [0.4, 0.5) is 17.1 Å². The van der Waals surface area contributed by atoms with Crippen molar-refractivity contribution in [3.63, 3.8) is 0 Å². The molecule has 0 amide bonds. The third-order valence-electron chi connectivity index (χ3n) is 14.6. The minimum atomic E-state index is -0.488. The van der Waals surface area contributed by atoms with Crippen LogP contribution in [0.25, 0.3) is 88.4 Å². The lowest BCUT2D eigenvalue weighted by atomic mass is 9.68. The molecule has 0 spiro atoms. The van der Waals surface area contributed by atoms with Gasteiger partial charge >= 0.3 is 0 Å². The first kappa shape index (κ1) is 39.9. The Morgan fingerprint density at radius 3 is 1.27 bits per heavy atom. The van der Waals surface area contributed by atoms with E-state index in [4.69, 9.17) is 8.83 Å². The van der Waals surface area contributed by atoms with Crippen LogP contribution in [-0.2, 0) is 5.41 Å². The molecule has 0 radical (unpaired) electrons. The van der Waals surface area contributed by atoms with Gasteiger partial charge in [-0.05, 0) is 92.5 Å². The van der Waals surface area contributed by atoms with Crippen LogP contribution < -0.4 is 4.90 Å². The Balaban J connectivity index is 0.926. The number of benzene rings is 11. The predicted molar refractivity (Wildman–Crippen MR) is 289 cm³/mol. The fourth-order valence-electron chi connectivity index (χ4n) is 11.5. The van der Waals surface area contributed by atoms with Crippen molar-refractivity contribution < 1.29 is 8.83 Å². The lowest BCUT2D eigenvalue weighted by molar-refractivity contribution is 0.670. The standard InChI is InChI=1S/C67H43NO2/c1-4-17-44(18-5-1)52-25-15-29-58-59-30-16-27-54(66(59)70-65(52)58)46-35-39-50(40-36-46)68(49-37-33-45(34-38-49)53-26-14-28-57-56-24-11-13-32-63(56)69-64(53)57)51-41-42-62-60(43-51)55-23-10-12-31-61(55)67(62,47-19-6-2-7-20-47)48-21-8-3-9-22-48/h1-43H. The molecule has 2 heterocycles. The molecule has 0 saturated carbocycles. The molecule has 0 atom stereocenters. The van der Waals surface area contributed by atoms with Gasteiger partial charge in [-0.2, -0.15) is 0 Å². The molecule has 13 aromatic rings. The van der Waals surface area contributed by atoms with Gasteiger partial charge in [-0.1, -0.05) is 218 Å². The molecule has 0 aliphatic heterocycles. The molecular weight excluding hydrogens is 851 g/mol. The summed E-state index contributed by atoms with van der Waals surface area (Å²) in [6.07, 6.45) is 0. The normalized spacial score (nSPS) is 12.7. The first-order valence-corrected chi connectivity index (χ1v) is 24.0. The van der Waals surface area contributed by atoms with Gasteiger partial charge < -0.3 is 13.7 Å². The lowest BCUT2D eigenvalue weighted by Gasteiger charge is -2.34. The molecule has 11 aromatic carbocycles. The summed E-state index contributed by atoms with van der Waals surface area (Å²) in [6.45, 7) is 0. The van der Waals surface area contributed by atoms with Crippen LogP contribution in [0.1, 0.15) is 22.3 Å². The number of para-hydroxylation sites is 4. The topological polar surface area (TPSA) is 29.5 Å². The van der Waals surface area contributed by atoms with E-state index in [1.54, 1.807) is 0 Å². The number of fused-ring (bicyclic) bond motifs is 9. The number of nitrogens with zero attached hydrogens (tertiary/aromatic N) is 1. The number of anilines is 3.